The first-order chi connectivity index (χ1) is 12.7. The van der Waals surface area contributed by atoms with Gasteiger partial charge in [-0.1, -0.05) is 0 Å². The number of amides is 1. The molecule has 0 radical (unpaired) electrons. The first kappa shape index (κ1) is 17.0. The van der Waals surface area contributed by atoms with Crippen molar-refractivity contribution < 1.29 is 9.53 Å². The van der Waals surface area contributed by atoms with Gasteiger partial charge in [0.05, 0.1) is 23.4 Å². The van der Waals surface area contributed by atoms with Crippen LogP contribution in [0.1, 0.15) is 41.2 Å². The highest BCUT2D eigenvalue weighted by Gasteiger charge is 2.34. The van der Waals surface area contributed by atoms with Crippen LogP contribution in [0, 0.1) is 0 Å². The standard InChI is InChI=1S/C18H24N6O2/c1-23-10-15(17(22-23)12-3-4-12)18(25)20-8-13-7-14(26-2)9-24(13)16-5-6-19-11-21-16/h5-6,10-14H,3-4,7-9H2,1-2H3,(H,20,25)/t13-,14-/m1/s1. The Balaban J connectivity index is 1.45. The van der Waals surface area contributed by atoms with Gasteiger partial charge in [-0.3, -0.25) is 9.48 Å². The first-order valence-corrected chi connectivity index (χ1v) is 9.03. The second-order valence-corrected chi connectivity index (χ2v) is 7.05. The summed E-state index contributed by atoms with van der Waals surface area (Å²) >= 11 is 0. The van der Waals surface area contributed by atoms with Crippen molar-refractivity contribution in [1.82, 2.24) is 25.1 Å². The highest BCUT2D eigenvalue weighted by atomic mass is 16.5. The molecule has 8 nitrogen and oxygen atoms in total. The van der Waals surface area contributed by atoms with Crippen molar-refractivity contribution >= 4 is 11.7 Å². The van der Waals surface area contributed by atoms with Crippen LogP contribution >= 0.6 is 0 Å². The van der Waals surface area contributed by atoms with Gasteiger partial charge in [0, 0.05) is 45.6 Å². The van der Waals surface area contributed by atoms with Crippen molar-refractivity contribution in [2.24, 2.45) is 7.05 Å². The highest BCUT2D eigenvalue weighted by molar-refractivity contribution is 5.95. The number of ether oxygens (including phenoxy) is 1. The molecule has 8 heteroatoms. The van der Waals surface area contributed by atoms with E-state index < -0.39 is 0 Å². The summed E-state index contributed by atoms with van der Waals surface area (Å²) in [5.41, 5.74) is 1.63. The summed E-state index contributed by atoms with van der Waals surface area (Å²) in [6, 6.07) is 2.03. The fourth-order valence-electron chi connectivity index (χ4n) is 3.62. The van der Waals surface area contributed by atoms with Gasteiger partial charge in [-0.2, -0.15) is 5.10 Å². The van der Waals surface area contributed by atoms with Crippen LogP contribution in [-0.4, -0.2) is 58.0 Å². The third-order valence-corrected chi connectivity index (χ3v) is 5.13. The SMILES string of the molecule is CO[C@@H]1C[C@H](CNC(=O)c2cn(C)nc2C2CC2)N(c2ccncn2)C1. The maximum absolute atomic E-state index is 12.7. The van der Waals surface area contributed by atoms with Crippen molar-refractivity contribution in [3.05, 3.63) is 36.0 Å². The third kappa shape index (κ3) is 3.41. The minimum atomic E-state index is -0.0523. The van der Waals surface area contributed by atoms with Gasteiger partial charge in [-0.15, -0.1) is 0 Å². The van der Waals surface area contributed by atoms with E-state index in [0.717, 1.165) is 37.3 Å². The lowest BCUT2D eigenvalue weighted by atomic mass is 10.1. The lowest BCUT2D eigenvalue weighted by molar-refractivity contribution is 0.0945. The van der Waals surface area contributed by atoms with Crippen LogP contribution in [0.2, 0.25) is 0 Å². The van der Waals surface area contributed by atoms with Crippen LogP contribution in [-0.2, 0) is 11.8 Å². The molecule has 2 atom stereocenters. The van der Waals surface area contributed by atoms with Crippen LogP contribution in [0.25, 0.3) is 0 Å². The Labute approximate surface area is 152 Å². The maximum atomic E-state index is 12.7. The number of hydrogen-bond acceptors (Lipinski definition) is 6. The molecule has 1 amide bonds. The predicted octanol–water partition coefficient (Wildman–Crippen LogP) is 1.11. The molecule has 0 unspecified atom stereocenters. The molecule has 26 heavy (non-hydrogen) atoms. The van der Waals surface area contributed by atoms with E-state index in [1.165, 1.54) is 0 Å². The van der Waals surface area contributed by atoms with Crippen LogP contribution < -0.4 is 10.2 Å². The summed E-state index contributed by atoms with van der Waals surface area (Å²) in [6.07, 6.45) is 8.32. The fourth-order valence-corrected chi connectivity index (χ4v) is 3.62. The maximum Gasteiger partial charge on any atom is 0.254 e. The number of aromatic nitrogens is 4. The highest BCUT2D eigenvalue weighted by Crippen LogP contribution is 2.40. The molecule has 1 saturated carbocycles. The monoisotopic (exact) mass is 356 g/mol. The van der Waals surface area contributed by atoms with E-state index in [2.05, 4.69) is 25.3 Å². The van der Waals surface area contributed by atoms with Crippen molar-refractivity contribution in [3.63, 3.8) is 0 Å². The molecular weight excluding hydrogens is 332 g/mol. The average molecular weight is 356 g/mol. The number of nitrogens with zero attached hydrogens (tertiary/aromatic N) is 5. The van der Waals surface area contributed by atoms with Crippen LogP contribution in [0.3, 0.4) is 0 Å². The second-order valence-electron chi connectivity index (χ2n) is 7.05. The number of methoxy groups -OCH3 is 1. The lowest BCUT2D eigenvalue weighted by Gasteiger charge is -2.25. The van der Waals surface area contributed by atoms with Crippen molar-refractivity contribution in [1.29, 1.82) is 0 Å². The molecule has 1 aliphatic carbocycles. The molecule has 1 aliphatic heterocycles. The number of anilines is 1. The summed E-state index contributed by atoms with van der Waals surface area (Å²) in [5, 5.41) is 7.56. The van der Waals surface area contributed by atoms with E-state index in [1.807, 2.05) is 19.3 Å². The molecule has 2 aliphatic rings. The summed E-state index contributed by atoms with van der Waals surface area (Å²) in [5.74, 6) is 1.25. The fraction of sp³-hybridized carbons (Fsp3) is 0.556. The molecule has 0 bridgehead atoms. The normalized spacial score (nSPS) is 22.6. The number of rotatable bonds is 6. The Kier molecular flexibility index (Phi) is 4.58. The van der Waals surface area contributed by atoms with Gasteiger partial charge in [0.25, 0.3) is 5.91 Å². The number of hydrogen-bond donors (Lipinski definition) is 1. The Bertz CT molecular complexity index is 773. The van der Waals surface area contributed by atoms with E-state index in [4.69, 9.17) is 4.74 Å². The zero-order valence-electron chi connectivity index (χ0n) is 15.1. The molecule has 0 aromatic carbocycles. The molecule has 2 fully saturated rings. The van der Waals surface area contributed by atoms with Crippen LogP contribution in [0.15, 0.2) is 24.8 Å². The Morgan fingerprint density at radius 3 is 2.96 bits per heavy atom. The van der Waals surface area contributed by atoms with E-state index in [9.17, 15) is 4.79 Å². The first-order valence-electron chi connectivity index (χ1n) is 9.03. The lowest BCUT2D eigenvalue weighted by Crippen LogP contribution is -2.40. The summed E-state index contributed by atoms with van der Waals surface area (Å²) in [7, 11) is 3.58. The topological polar surface area (TPSA) is 85.2 Å². The van der Waals surface area contributed by atoms with Gasteiger partial charge in [-0.05, 0) is 25.3 Å². The molecule has 4 rings (SSSR count). The summed E-state index contributed by atoms with van der Waals surface area (Å²) < 4.78 is 7.26. The van der Waals surface area contributed by atoms with Gasteiger partial charge >= 0.3 is 0 Å². The largest absolute Gasteiger partial charge is 0.380 e. The molecule has 2 aromatic rings. The molecule has 2 aromatic heterocycles. The van der Waals surface area contributed by atoms with E-state index in [-0.39, 0.29) is 18.1 Å². The molecular formula is C18H24N6O2. The van der Waals surface area contributed by atoms with Gasteiger partial charge in [0.1, 0.15) is 12.1 Å². The van der Waals surface area contributed by atoms with Crippen molar-refractivity contribution in [2.45, 2.75) is 37.3 Å². The van der Waals surface area contributed by atoms with Gasteiger partial charge in [-0.25, -0.2) is 9.97 Å². The average Bonchev–Trinajstić information content (AvgIpc) is 3.31. The Morgan fingerprint density at radius 2 is 2.27 bits per heavy atom. The molecule has 3 heterocycles. The van der Waals surface area contributed by atoms with E-state index >= 15 is 0 Å². The van der Waals surface area contributed by atoms with Gasteiger partial charge in [0.2, 0.25) is 0 Å². The third-order valence-electron chi connectivity index (χ3n) is 5.13. The quantitative estimate of drug-likeness (QED) is 0.835. The minimum absolute atomic E-state index is 0.0523. The zero-order valence-corrected chi connectivity index (χ0v) is 15.1. The predicted molar refractivity (Wildman–Crippen MR) is 96.1 cm³/mol. The smallest absolute Gasteiger partial charge is 0.254 e. The van der Waals surface area contributed by atoms with Crippen molar-refractivity contribution in [2.75, 3.05) is 25.1 Å². The zero-order chi connectivity index (χ0) is 18.1. The van der Waals surface area contributed by atoms with Gasteiger partial charge < -0.3 is 15.0 Å². The summed E-state index contributed by atoms with van der Waals surface area (Å²) in [6.45, 7) is 1.30. The number of aryl methyl sites for hydroxylation is 1. The Morgan fingerprint density at radius 1 is 1.42 bits per heavy atom. The minimum Gasteiger partial charge on any atom is -0.380 e. The molecule has 1 N–H and O–H groups in total. The van der Waals surface area contributed by atoms with Crippen molar-refractivity contribution in [3.8, 4) is 0 Å². The number of nitrogens with one attached hydrogen (secondary N) is 1. The summed E-state index contributed by atoms with van der Waals surface area (Å²) in [4.78, 5) is 23.2. The number of carbonyl (C=O) groups excluding carboxylic acids is 1. The molecule has 138 valence electrons. The number of carbonyl (C=O) groups is 1. The van der Waals surface area contributed by atoms with Crippen LogP contribution in [0.4, 0.5) is 5.82 Å². The molecule has 1 saturated heterocycles. The van der Waals surface area contributed by atoms with Crippen LogP contribution in [0.5, 0.6) is 0 Å². The Hall–Kier alpha value is -2.48. The van der Waals surface area contributed by atoms with Gasteiger partial charge in [0.15, 0.2) is 0 Å². The molecule has 0 spiro atoms. The van der Waals surface area contributed by atoms with E-state index in [1.54, 1.807) is 24.3 Å². The van der Waals surface area contributed by atoms with E-state index in [0.29, 0.717) is 18.0 Å². The second kappa shape index (κ2) is 7.03.